The van der Waals surface area contributed by atoms with Gasteiger partial charge in [0, 0.05) is 18.0 Å². The molecule has 2 unspecified atom stereocenters. The summed E-state index contributed by atoms with van der Waals surface area (Å²) in [6.07, 6.45) is 5.23. The molecule has 0 aromatic rings. The minimum Gasteiger partial charge on any atom is -0.353 e. The van der Waals surface area contributed by atoms with Gasteiger partial charge in [0.2, 0.25) is 5.91 Å². The van der Waals surface area contributed by atoms with Gasteiger partial charge in [-0.1, -0.05) is 0 Å². The normalized spacial score (nSPS) is 35.1. The van der Waals surface area contributed by atoms with E-state index in [0.29, 0.717) is 6.04 Å². The van der Waals surface area contributed by atoms with Crippen molar-refractivity contribution in [2.45, 2.75) is 44.2 Å². The predicted molar refractivity (Wildman–Crippen MR) is 46.5 cm³/mol. The van der Waals surface area contributed by atoms with Crippen LogP contribution in [0, 0.1) is 5.92 Å². The van der Waals surface area contributed by atoms with Crippen molar-refractivity contribution in [2.75, 3.05) is 0 Å². The lowest BCUT2D eigenvalue weighted by molar-refractivity contribution is -0.124. The summed E-state index contributed by atoms with van der Waals surface area (Å²) in [5.74, 6) is 0.450. The Morgan fingerprint density at radius 2 is 2.00 bits per heavy atom. The van der Waals surface area contributed by atoms with Crippen molar-refractivity contribution in [3.05, 3.63) is 0 Å². The zero-order valence-corrected chi connectivity index (χ0v) is 7.25. The van der Waals surface area contributed by atoms with Gasteiger partial charge in [0.05, 0.1) is 0 Å². The van der Waals surface area contributed by atoms with Crippen LogP contribution in [0.1, 0.15) is 32.1 Å². The van der Waals surface area contributed by atoms with Crippen LogP contribution < -0.4 is 11.1 Å². The summed E-state index contributed by atoms with van der Waals surface area (Å²) in [6, 6.07) is 0.759. The van der Waals surface area contributed by atoms with E-state index in [1.807, 2.05) is 0 Å². The standard InChI is InChI=1S/C9H16N2O/c10-7-2-1-6(5-7)9(12)11-8-3-4-8/h6-8H,1-5,10H2,(H,11,12). The van der Waals surface area contributed by atoms with Crippen LogP contribution in [0.5, 0.6) is 0 Å². The Labute approximate surface area is 72.7 Å². The van der Waals surface area contributed by atoms with Crippen LogP contribution in [0.25, 0.3) is 0 Å². The topological polar surface area (TPSA) is 55.1 Å². The van der Waals surface area contributed by atoms with E-state index in [2.05, 4.69) is 5.32 Å². The highest BCUT2D eigenvalue weighted by Gasteiger charge is 2.31. The molecule has 3 heteroatoms. The summed E-state index contributed by atoms with van der Waals surface area (Å²) in [5, 5.41) is 3.02. The average Bonchev–Trinajstić information content (AvgIpc) is 2.72. The second-order valence-corrected chi connectivity index (χ2v) is 4.05. The van der Waals surface area contributed by atoms with Crippen LogP contribution in [-0.4, -0.2) is 18.0 Å². The monoisotopic (exact) mass is 168 g/mol. The molecule has 2 saturated carbocycles. The zero-order chi connectivity index (χ0) is 8.55. The van der Waals surface area contributed by atoms with Gasteiger partial charge in [0.15, 0.2) is 0 Å². The first-order valence-corrected chi connectivity index (χ1v) is 4.81. The molecule has 0 radical (unpaired) electrons. The van der Waals surface area contributed by atoms with E-state index in [-0.39, 0.29) is 17.9 Å². The average molecular weight is 168 g/mol. The molecule has 2 fully saturated rings. The van der Waals surface area contributed by atoms with Crippen molar-refractivity contribution in [2.24, 2.45) is 11.7 Å². The van der Waals surface area contributed by atoms with Crippen molar-refractivity contribution in [3.8, 4) is 0 Å². The molecular weight excluding hydrogens is 152 g/mol. The summed E-state index contributed by atoms with van der Waals surface area (Å²) in [4.78, 5) is 11.5. The van der Waals surface area contributed by atoms with Gasteiger partial charge in [-0.25, -0.2) is 0 Å². The maximum absolute atomic E-state index is 11.5. The molecule has 2 rings (SSSR count). The Morgan fingerprint density at radius 1 is 1.25 bits per heavy atom. The minimum absolute atomic E-state index is 0.209. The SMILES string of the molecule is NC1CCC(C(=O)NC2CC2)C1. The molecule has 0 heterocycles. The molecule has 12 heavy (non-hydrogen) atoms. The van der Waals surface area contributed by atoms with E-state index < -0.39 is 0 Å². The van der Waals surface area contributed by atoms with E-state index in [9.17, 15) is 4.79 Å². The lowest BCUT2D eigenvalue weighted by Gasteiger charge is -2.09. The fourth-order valence-electron chi connectivity index (χ4n) is 1.80. The van der Waals surface area contributed by atoms with Gasteiger partial charge in [0.25, 0.3) is 0 Å². The second kappa shape index (κ2) is 3.05. The van der Waals surface area contributed by atoms with Crippen molar-refractivity contribution in [1.29, 1.82) is 0 Å². The molecule has 0 aliphatic heterocycles. The molecule has 0 saturated heterocycles. The van der Waals surface area contributed by atoms with E-state index in [1.165, 1.54) is 12.8 Å². The number of nitrogens with two attached hydrogens (primary N) is 1. The van der Waals surface area contributed by atoms with E-state index >= 15 is 0 Å². The Morgan fingerprint density at radius 3 is 2.50 bits per heavy atom. The Hall–Kier alpha value is -0.570. The summed E-state index contributed by atoms with van der Waals surface area (Å²) in [7, 11) is 0. The smallest absolute Gasteiger partial charge is 0.223 e. The van der Waals surface area contributed by atoms with Crippen molar-refractivity contribution >= 4 is 5.91 Å². The number of amides is 1. The molecule has 0 aromatic carbocycles. The largest absolute Gasteiger partial charge is 0.353 e. The lowest BCUT2D eigenvalue weighted by atomic mass is 10.1. The van der Waals surface area contributed by atoms with Gasteiger partial charge < -0.3 is 11.1 Å². The van der Waals surface area contributed by atoms with Gasteiger partial charge in [-0.15, -0.1) is 0 Å². The Bertz CT molecular complexity index is 189. The van der Waals surface area contributed by atoms with Gasteiger partial charge in [-0.2, -0.15) is 0 Å². The molecule has 2 atom stereocenters. The highest BCUT2D eigenvalue weighted by atomic mass is 16.2. The van der Waals surface area contributed by atoms with Crippen LogP contribution in [0.15, 0.2) is 0 Å². The molecule has 0 spiro atoms. The molecule has 0 aromatic heterocycles. The summed E-state index contributed by atoms with van der Waals surface area (Å²) in [5.41, 5.74) is 5.73. The molecule has 2 aliphatic carbocycles. The highest BCUT2D eigenvalue weighted by Crippen LogP contribution is 2.26. The number of carbonyl (C=O) groups is 1. The number of rotatable bonds is 2. The number of carbonyl (C=O) groups excluding carboxylic acids is 1. The maximum atomic E-state index is 11.5. The van der Waals surface area contributed by atoms with Crippen LogP contribution >= 0.6 is 0 Å². The first kappa shape index (κ1) is 8.05. The van der Waals surface area contributed by atoms with Gasteiger partial charge in [-0.05, 0) is 32.1 Å². The molecule has 3 nitrogen and oxygen atoms in total. The van der Waals surface area contributed by atoms with Gasteiger partial charge in [0.1, 0.15) is 0 Å². The van der Waals surface area contributed by atoms with Crippen molar-refractivity contribution in [1.82, 2.24) is 5.32 Å². The predicted octanol–water partition coefficient (Wildman–Crippen LogP) is 0.392. The third kappa shape index (κ3) is 1.78. The molecule has 1 amide bonds. The van der Waals surface area contributed by atoms with Crippen LogP contribution in [0.4, 0.5) is 0 Å². The number of hydrogen-bond donors (Lipinski definition) is 2. The van der Waals surface area contributed by atoms with Gasteiger partial charge in [-0.3, -0.25) is 4.79 Å². The highest BCUT2D eigenvalue weighted by molar-refractivity contribution is 5.79. The molecular formula is C9H16N2O. The quantitative estimate of drug-likeness (QED) is 0.626. The summed E-state index contributed by atoms with van der Waals surface area (Å²) in [6.45, 7) is 0. The second-order valence-electron chi connectivity index (χ2n) is 4.05. The third-order valence-corrected chi connectivity index (χ3v) is 2.77. The van der Waals surface area contributed by atoms with Crippen molar-refractivity contribution < 1.29 is 4.79 Å². The fourth-order valence-corrected chi connectivity index (χ4v) is 1.80. The van der Waals surface area contributed by atoms with Crippen LogP contribution in [0.3, 0.4) is 0 Å². The summed E-state index contributed by atoms with van der Waals surface area (Å²) >= 11 is 0. The van der Waals surface area contributed by atoms with Crippen LogP contribution in [0.2, 0.25) is 0 Å². The third-order valence-electron chi connectivity index (χ3n) is 2.77. The molecule has 0 bridgehead atoms. The number of nitrogens with one attached hydrogen (secondary N) is 1. The van der Waals surface area contributed by atoms with Gasteiger partial charge >= 0.3 is 0 Å². The molecule has 68 valence electrons. The molecule has 3 N–H and O–H groups in total. The lowest BCUT2D eigenvalue weighted by Crippen LogP contribution is -2.31. The Balaban J connectivity index is 1.79. The maximum Gasteiger partial charge on any atom is 0.223 e. The first-order valence-electron chi connectivity index (χ1n) is 4.81. The minimum atomic E-state index is 0.209. The number of hydrogen-bond acceptors (Lipinski definition) is 2. The fraction of sp³-hybridized carbons (Fsp3) is 0.889. The van der Waals surface area contributed by atoms with E-state index in [1.54, 1.807) is 0 Å². The first-order chi connectivity index (χ1) is 5.75. The zero-order valence-electron chi connectivity index (χ0n) is 7.25. The summed E-state index contributed by atoms with van der Waals surface area (Å²) < 4.78 is 0. The van der Waals surface area contributed by atoms with Crippen LogP contribution in [-0.2, 0) is 4.79 Å². The van der Waals surface area contributed by atoms with Crippen molar-refractivity contribution in [3.63, 3.8) is 0 Å². The van der Waals surface area contributed by atoms with E-state index in [0.717, 1.165) is 19.3 Å². The molecule has 2 aliphatic rings. The Kier molecular flexibility index (Phi) is 2.05. The van der Waals surface area contributed by atoms with E-state index in [4.69, 9.17) is 5.73 Å².